The molecule has 0 radical (unpaired) electrons. The number of carbonyl (C=O) groups is 1. The number of aliphatic hydroxyl groups is 1. The van der Waals surface area contributed by atoms with Gasteiger partial charge in [-0.05, 0) is 42.8 Å². The lowest BCUT2D eigenvalue weighted by Gasteiger charge is -2.33. The molecule has 0 saturated carbocycles. The molecule has 0 spiro atoms. The Balaban J connectivity index is 1.92. The molecule has 3 rings (SSSR count). The van der Waals surface area contributed by atoms with Gasteiger partial charge in [0.25, 0.3) is 11.6 Å². The maximum absolute atomic E-state index is 13.7. The third kappa shape index (κ3) is 4.37. The first-order chi connectivity index (χ1) is 13.9. The highest BCUT2D eigenvalue weighted by atomic mass is 35.5. The minimum absolute atomic E-state index is 0.00539. The molecule has 11 heteroatoms. The van der Waals surface area contributed by atoms with E-state index in [-0.39, 0.29) is 27.1 Å². The van der Waals surface area contributed by atoms with Crippen LogP contribution in [0.2, 0.25) is 15.1 Å². The Morgan fingerprint density at radius 2 is 1.77 bits per heavy atom. The van der Waals surface area contributed by atoms with Crippen LogP contribution < -0.4 is 4.74 Å². The number of amides is 1. The van der Waals surface area contributed by atoms with Crippen molar-refractivity contribution >= 4 is 46.4 Å². The second-order valence-electron chi connectivity index (χ2n) is 6.53. The molecule has 1 heterocycles. The molecule has 2 aromatic carbocycles. The van der Waals surface area contributed by atoms with Gasteiger partial charge in [-0.15, -0.1) is 0 Å². The molecule has 1 N–H and O–H groups in total. The SMILES string of the molecule is C[C@@H](Oc1ccc(Cl)cc1Cl)C(=O)N1N=C(c2ccc(Cl)cc2)C[C@]1(O)C(F)(F)F. The third-order valence-electron chi connectivity index (χ3n) is 4.37. The van der Waals surface area contributed by atoms with Crippen LogP contribution in [0.25, 0.3) is 0 Å². The van der Waals surface area contributed by atoms with E-state index in [1.54, 1.807) is 0 Å². The van der Waals surface area contributed by atoms with Gasteiger partial charge in [-0.3, -0.25) is 4.79 Å². The molecule has 5 nitrogen and oxygen atoms in total. The molecule has 0 aromatic heterocycles. The molecule has 1 aliphatic rings. The molecule has 0 aliphatic carbocycles. The molecule has 1 aliphatic heterocycles. The smallest absolute Gasteiger partial charge is 0.438 e. The van der Waals surface area contributed by atoms with E-state index in [9.17, 15) is 23.1 Å². The molecular formula is C19H14Cl3F3N2O3. The van der Waals surface area contributed by atoms with Crippen molar-refractivity contribution in [3.05, 3.63) is 63.1 Å². The number of halogens is 6. The van der Waals surface area contributed by atoms with Crippen LogP contribution in [-0.4, -0.2) is 39.7 Å². The van der Waals surface area contributed by atoms with Gasteiger partial charge in [0, 0.05) is 10.0 Å². The summed E-state index contributed by atoms with van der Waals surface area (Å²) >= 11 is 17.6. The van der Waals surface area contributed by atoms with E-state index in [1.807, 2.05) is 0 Å². The van der Waals surface area contributed by atoms with Crippen LogP contribution in [0.1, 0.15) is 18.9 Å². The maximum atomic E-state index is 13.7. The predicted octanol–water partition coefficient (Wildman–Crippen LogP) is 5.30. The molecule has 0 fully saturated rings. The predicted molar refractivity (Wildman–Crippen MR) is 107 cm³/mol. The third-order valence-corrected chi connectivity index (χ3v) is 5.15. The molecule has 160 valence electrons. The molecule has 0 unspecified atom stereocenters. The minimum Gasteiger partial charge on any atom is -0.479 e. The zero-order valence-electron chi connectivity index (χ0n) is 15.3. The first-order valence-electron chi connectivity index (χ1n) is 8.50. The van der Waals surface area contributed by atoms with Crippen molar-refractivity contribution in [3.63, 3.8) is 0 Å². The van der Waals surface area contributed by atoms with Gasteiger partial charge < -0.3 is 9.84 Å². The van der Waals surface area contributed by atoms with Gasteiger partial charge in [0.05, 0.1) is 17.2 Å². The molecule has 2 atom stereocenters. The monoisotopic (exact) mass is 480 g/mol. The van der Waals surface area contributed by atoms with Gasteiger partial charge in [0.1, 0.15) is 5.75 Å². The van der Waals surface area contributed by atoms with E-state index in [4.69, 9.17) is 39.5 Å². The number of hydrogen-bond acceptors (Lipinski definition) is 4. The van der Waals surface area contributed by atoms with Gasteiger partial charge in [-0.25, -0.2) is 0 Å². The quantitative estimate of drug-likeness (QED) is 0.644. The van der Waals surface area contributed by atoms with Crippen LogP contribution in [0.5, 0.6) is 5.75 Å². The summed E-state index contributed by atoms with van der Waals surface area (Å²) < 4.78 is 46.5. The van der Waals surface area contributed by atoms with Crippen molar-refractivity contribution in [2.45, 2.75) is 31.3 Å². The lowest BCUT2D eigenvalue weighted by molar-refractivity contribution is -0.303. The van der Waals surface area contributed by atoms with Crippen molar-refractivity contribution in [3.8, 4) is 5.75 Å². The number of hydrogen-bond donors (Lipinski definition) is 1. The maximum Gasteiger partial charge on any atom is 0.438 e. The fourth-order valence-electron chi connectivity index (χ4n) is 2.78. The highest BCUT2D eigenvalue weighted by Crippen LogP contribution is 2.42. The number of nitrogens with zero attached hydrogens (tertiary/aromatic N) is 2. The van der Waals surface area contributed by atoms with Crippen LogP contribution in [0.4, 0.5) is 13.2 Å². The molecule has 0 saturated heterocycles. The zero-order chi connectivity index (χ0) is 22.3. The van der Waals surface area contributed by atoms with E-state index in [2.05, 4.69) is 5.10 Å². The zero-order valence-corrected chi connectivity index (χ0v) is 17.5. The summed E-state index contributed by atoms with van der Waals surface area (Å²) in [6, 6.07) is 9.98. The highest BCUT2D eigenvalue weighted by Gasteiger charge is 2.63. The van der Waals surface area contributed by atoms with E-state index in [1.165, 1.54) is 49.4 Å². The Morgan fingerprint density at radius 1 is 1.17 bits per heavy atom. The molecular weight excluding hydrogens is 468 g/mol. The Bertz CT molecular complexity index is 999. The van der Waals surface area contributed by atoms with Gasteiger partial charge in [-0.2, -0.15) is 23.3 Å². The van der Waals surface area contributed by atoms with Crippen molar-refractivity contribution in [2.24, 2.45) is 5.10 Å². The first-order valence-corrected chi connectivity index (χ1v) is 9.64. The van der Waals surface area contributed by atoms with E-state index >= 15 is 0 Å². The summed E-state index contributed by atoms with van der Waals surface area (Å²) in [5.41, 5.74) is -3.37. The van der Waals surface area contributed by atoms with Crippen LogP contribution in [0.3, 0.4) is 0 Å². The second kappa shape index (κ2) is 8.26. The summed E-state index contributed by atoms with van der Waals surface area (Å²) in [6.07, 6.45) is -7.55. The van der Waals surface area contributed by atoms with Crippen molar-refractivity contribution < 1.29 is 27.8 Å². The van der Waals surface area contributed by atoms with Gasteiger partial charge in [0.15, 0.2) is 6.10 Å². The number of benzene rings is 2. The van der Waals surface area contributed by atoms with Crippen LogP contribution in [0.15, 0.2) is 47.6 Å². The Kier molecular flexibility index (Phi) is 6.25. The average molecular weight is 482 g/mol. The van der Waals surface area contributed by atoms with Gasteiger partial charge in [-0.1, -0.05) is 46.9 Å². The number of ether oxygens (including phenoxy) is 1. The topological polar surface area (TPSA) is 62.1 Å². The van der Waals surface area contributed by atoms with Crippen LogP contribution in [-0.2, 0) is 4.79 Å². The molecule has 0 bridgehead atoms. The number of hydrazone groups is 1. The fourth-order valence-corrected chi connectivity index (χ4v) is 3.36. The minimum atomic E-state index is -5.17. The van der Waals surface area contributed by atoms with Gasteiger partial charge >= 0.3 is 6.18 Å². The summed E-state index contributed by atoms with van der Waals surface area (Å²) in [4.78, 5) is 12.8. The fraction of sp³-hybridized carbons (Fsp3) is 0.263. The lowest BCUT2D eigenvalue weighted by atomic mass is 10.0. The molecule has 2 aromatic rings. The van der Waals surface area contributed by atoms with E-state index in [0.29, 0.717) is 10.0 Å². The van der Waals surface area contributed by atoms with Crippen molar-refractivity contribution in [1.82, 2.24) is 5.01 Å². The Hall–Kier alpha value is -2.00. The van der Waals surface area contributed by atoms with E-state index < -0.39 is 30.3 Å². The Labute approximate surface area is 184 Å². The summed E-state index contributed by atoms with van der Waals surface area (Å²) in [6.45, 7) is 1.22. The number of carbonyl (C=O) groups excluding carboxylic acids is 1. The van der Waals surface area contributed by atoms with Crippen LogP contribution in [0, 0.1) is 0 Å². The summed E-state index contributed by atoms with van der Waals surface area (Å²) in [5, 5.41) is 14.9. The summed E-state index contributed by atoms with van der Waals surface area (Å²) in [5.74, 6) is -1.16. The number of alkyl halides is 3. The van der Waals surface area contributed by atoms with Crippen molar-refractivity contribution in [2.75, 3.05) is 0 Å². The molecule has 30 heavy (non-hydrogen) atoms. The Morgan fingerprint density at radius 3 is 2.33 bits per heavy atom. The van der Waals surface area contributed by atoms with E-state index in [0.717, 1.165) is 0 Å². The average Bonchev–Trinajstić information content (AvgIpc) is 3.02. The number of rotatable bonds is 4. The second-order valence-corrected chi connectivity index (χ2v) is 7.81. The first kappa shape index (κ1) is 22.7. The lowest BCUT2D eigenvalue weighted by Crippen LogP contribution is -2.58. The van der Waals surface area contributed by atoms with Crippen LogP contribution >= 0.6 is 34.8 Å². The van der Waals surface area contributed by atoms with Gasteiger partial charge in [0.2, 0.25) is 0 Å². The van der Waals surface area contributed by atoms with Crippen molar-refractivity contribution in [1.29, 1.82) is 0 Å². The standard InChI is InChI=1S/C19H14Cl3F3N2O3/c1-10(30-16-7-6-13(21)8-14(16)22)17(28)27-18(29,19(23,24)25)9-15(26-27)11-2-4-12(20)5-3-11/h2-8,10,29H,9H2,1H3/t10-,18+/m1/s1. The largest absolute Gasteiger partial charge is 0.479 e. The highest BCUT2D eigenvalue weighted by molar-refractivity contribution is 6.35. The molecule has 1 amide bonds. The normalized spacial score (nSPS) is 20.1. The summed E-state index contributed by atoms with van der Waals surface area (Å²) in [7, 11) is 0.